The number of aromatic carboxylic acids is 1. The molecule has 1 aromatic heterocycles. The molecule has 0 bridgehead atoms. The van der Waals surface area contributed by atoms with Gasteiger partial charge < -0.3 is 10.0 Å². The molecule has 104 valence electrons. The van der Waals surface area contributed by atoms with Crippen LogP contribution in [-0.2, 0) is 6.54 Å². The standard InChI is InChI=1S/C14H12ClFN2O2/c1-18(8-9-2-4-10(15)5-3-9)13-12(16)11(14(19)20)6-7-17-13/h2-7H,8H2,1H3,(H,19,20). The molecule has 1 aromatic carbocycles. The van der Waals surface area contributed by atoms with E-state index in [0.29, 0.717) is 11.6 Å². The van der Waals surface area contributed by atoms with Crippen LogP contribution in [0.25, 0.3) is 0 Å². The van der Waals surface area contributed by atoms with Gasteiger partial charge in [-0.25, -0.2) is 14.2 Å². The molecule has 1 heterocycles. The number of carboxylic acids is 1. The van der Waals surface area contributed by atoms with Crippen molar-refractivity contribution in [2.24, 2.45) is 0 Å². The summed E-state index contributed by atoms with van der Waals surface area (Å²) in [7, 11) is 1.64. The maximum absolute atomic E-state index is 14.0. The summed E-state index contributed by atoms with van der Waals surface area (Å²) in [5.74, 6) is -2.15. The predicted octanol–water partition coefficient (Wildman–Crippen LogP) is 3.21. The molecule has 0 atom stereocenters. The van der Waals surface area contributed by atoms with E-state index < -0.39 is 17.3 Å². The van der Waals surface area contributed by atoms with Crippen LogP contribution in [0, 0.1) is 5.82 Å². The molecule has 2 aromatic rings. The smallest absolute Gasteiger partial charge is 0.338 e. The summed E-state index contributed by atoms with van der Waals surface area (Å²) in [6.45, 7) is 0.393. The van der Waals surface area contributed by atoms with E-state index in [1.807, 2.05) is 12.1 Å². The van der Waals surface area contributed by atoms with Gasteiger partial charge in [-0.1, -0.05) is 23.7 Å². The van der Waals surface area contributed by atoms with E-state index in [0.717, 1.165) is 11.6 Å². The fourth-order valence-electron chi connectivity index (χ4n) is 1.80. The topological polar surface area (TPSA) is 53.4 Å². The number of hydrogen-bond donors (Lipinski definition) is 1. The Balaban J connectivity index is 2.25. The zero-order valence-electron chi connectivity index (χ0n) is 10.7. The molecule has 20 heavy (non-hydrogen) atoms. The van der Waals surface area contributed by atoms with Gasteiger partial charge in [0.25, 0.3) is 0 Å². The third-order valence-corrected chi connectivity index (χ3v) is 3.05. The highest BCUT2D eigenvalue weighted by molar-refractivity contribution is 6.30. The minimum absolute atomic E-state index is 0.000139. The molecule has 4 nitrogen and oxygen atoms in total. The fourth-order valence-corrected chi connectivity index (χ4v) is 1.93. The maximum atomic E-state index is 14.0. The molecule has 0 aliphatic carbocycles. The summed E-state index contributed by atoms with van der Waals surface area (Å²) < 4.78 is 14.0. The Morgan fingerprint density at radius 1 is 1.35 bits per heavy atom. The van der Waals surface area contributed by atoms with Crippen LogP contribution in [-0.4, -0.2) is 23.1 Å². The van der Waals surface area contributed by atoms with Crippen molar-refractivity contribution in [2.75, 3.05) is 11.9 Å². The third kappa shape index (κ3) is 3.05. The van der Waals surface area contributed by atoms with Gasteiger partial charge in [0.05, 0.1) is 0 Å². The molecule has 0 saturated heterocycles. The van der Waals surface area contributed by atoms with Crippen LogP contribution in [0.3, 0.4) is 0 Å². The van der Waals surface area contributed by atoms with Crippen LogP contribution in [0.4, 0.5) is 10.2 Å². The van der Waals surface area contributed by atoms with Gasteiger partial charge in [0.15, 0.2) is 11.6 Å². The number of halogens is 2. The van der Waals surface area contributed by atoms with Crippen LogP contribution in [0.2, 0.25) is 5.02 Å². The van der Waals surface area contributed by atoms with E-state index >= 15 is 0 Å². The lowest BCUT2D eigenvalue weighted by Crippen LogP contribution is -2.20. The van der Waals surface area contributed by atoms with Crippen LogP contribution < -0.4 is 4.90 Å². The molecule has 0 aliphatic heterocycles. The SMILES string of the molecule is CN(Cc1ccc(Cl)cc1)c1nccc(C(=O)O)c1F. The number of hydrogen-bond acceptors (Lipinski definition) is 3. The Hall–Kier alpha value is -2.14. The lowest BCUT2D eigenvalue weighted by molar-refractivity contribution is 0.0692. The average molecular weight is 295 g/mol. The molecule has 1 N–H and O–H groups in total. The van der Waals surface area contributed by atoms with Gasteiger partial charge in [0.1, 0.15) is 5.56 Å². The molecule has 0 aliphatic rings. The lowest BCUT2D eigenvalue weighted by atomic mass is 10.2. The van der Waals surface area contributed by atoms with Crippen molar-refractivity contribution >= 4 is 23.4 Å². The quantitative estimate of drug-likeness (QED) is 0.941. The summed E-state index contributed by atoms with van der Waals surface area (Å²) in [5.41, 5.74) is 0.525. The summed E-state index contributed by atoms with van der Waals surface area (Å²) >= 11 is 5.79. The highest BCUT2D eigenvalue weighted by Crippen LogP contribution is 2.20. The average Bonchev–Trinajstić information content (AvgIpc) is 2.41. The normalized spacial score (nSPS) is 10.3. The summed E-state index contributed by atoms with van der Waals surface area (Å²) in [4.78, 5) is 16.3. The molecule has 2 rings (SSSR count). The Morgan fingerprint density at radius 2 is 2.00 bits per heavy atom. The zero-order chi connectivity index (χ0) is 14.7. The molecular weight excluding hydrogens is 283 g/mol. The van der Waals surface area contributed by atoms with Crippen LogP contribution in [0.15, 0.2) is 36.5 Å². The van der Waals surface area contributed by atoms with Crippen molar-refractivity contribution in [1.82, 2.24) is 4.98 Å². The van der Waals surface area contributed by atoms with Crippen molar-refractivity contribution in [2.45, 2.75) is 6.54 Å². The monoisotopic (exact) mass is 294 g/mol. The fraction of sp³-hybridized carbons (Fsp3) is 0.143. The number of aromatic nitrogens is 1. The number of anilines is 1. The molecule has 6 heteroatoms. The Morgan fingerprint density at radius 3 is 2.60 bits per heavy atom. The van der Waals surface area contributed by atoms with Gasteiger partial charge >= 0.3 is 5.97 Å². The second-order valence-corrected chi connectivity index (χ2v) is 4.72. The lowest BCUT2D eigenvalue weighted by Gasteiger charge is -2.19. The molecule has 0 radical (unpaired) electrons. The van der Waals surface area contributed by atoms with Crippen LogP contribution in [0.5, 0.6) is 0 Å². The van der Waals surface area contributed by atoms with Crippen molar-refractivity contribution < 1.29 is 14.3 Å². The van der Waals surface area contributed by atoms with Gasteiger partial charge in [-0.2, -0.15) is 0 Å². The predicted molar refractivity (Wildman–Crippen MR) is 74.7 cm³/mol. The van der Waals surface area contributed by atoms with E-state index in [-0.39, 0.29) is 5.82 Å². The first kappa shape index (κ1) is 14.3. The number of benzene rings is 1. The maximum Gasteiger partial charge on any atom is 0.338 e. The number of rotatable bonds is 4. The van der Waals surface area contributed by atoms with Gasteiger partial charge in [-0.05, 0) is 23.8 Å². The molecular formula is C14H12ClFN2O2. The van der Waals surface area contributed by atoms with E-state index in [2.05, 4.69) is 4.98 Å². The van der Waals surface area contributed by atoms with Crippen molar-refractivity contribution in [3.63, 3.8) is 0 Å². The molecule has 0 amide bonds. The number of carbonyl (C=O) groups is 1. The summed E-state index contributed by atoms with van der Waals surface area (Å²) in [6, 6.07) is 8.25. The molecule has 0 spiro atoms. The minimum Gasteiger partial charge on any atom is -0.478 e. The largest absolute Gasteiger partial charge is 0.478 e. The third-order valence-electron chi connectivity index (χ3n) is 2.80. The molecule has 0 fully saturated rings. The van der Waals surface area contributed by atoms with Gasteiger partial charge in [0.2, 0.25) is 0 Å². The van der Waals surface area contributed by atoms with Gasteiger partial charge in [-0.3, -0.25) is 0 Å². The first-order chi connectivity index (χ1) is 9.49. The first-order valence-corrected chi connectivity index (χ1v) is 6.20. The second-order valence-electron chi connectivity index (χ2n) is 4.28. The molecule has 0 saturated carbocycles. The minimum atomic E-state index is -1.31. The number of pyridine rings is 1. The van der Waals surface area contributed by atoms with E-state index in [9.17, 15) is 9.18 Å². The van der Waals surface area contributed by atoms with Crippen molar-refractivity contribution in [3.8, 4) is 0 Å². The van der Waals surface area contributed by atoms with E-state index in [4.69, 9.17) is 16.7 Å². The van der Waals surface area contributed by atoms with E-state index in [1.165, 1.54) is 6.20 Å². The van der Waals surface area contributed by atoms with Crippen LogP contribution in [0.1, 0.15) is 15.9 Å². The van der Waals surface area contributed by atoms with Crippen LogP contribution >= 0.6 is 11.6 Å². The Bertz CT molecular complexity index is 632. The molecule has 0 unspecified atom stereocenters. The van der Waals surface area contributed by atoms with Crippen molar-refractivity contribution in [1.29, 1.82) is 0 Å². The summed E-state index contributed by atoms with van der Waals surface area (Å²) in [5, 5.41) is 9.51. The Labute approximate surface area is 120 Å². The Kier molecular flexibility index (Phi) is 4.20. The summed E-state index contributed by atoms with van der Waals surface area (Å²) in [6.07, 6.45) is 1.28. The van der Waals surface area contributed by atoms with Crippen molar-refractivity contribution in [3.05, 3.63) is 58.5 Å². The second kappa shape index (κ2) is 5.88. The van der Waals surface area contributed by atoms with Gasteiger partial charge in [0, 0.05) is 24.8 Å². The highest BCUT2D eigenvalue weighted by Gasteiger charge is 2.17. The zero-order valence-corrected chi connectivity index (χ0v) is 11.4. The highest BCUT2D eigenvalue weighted by atomic mass is 35.5. The number of carboxylic acid groups (broad SMARTS) is 1. The van der Waals surface area contributed by atoms with Gasteiger partial charge in [-0.15, -0.1) is 0 Å². The van der Waals surface area contributed by atoms with E-state index in [1.54, 1.807) is 24.1 Å². The first-order valence-electron chi connectivity index (χ1n) is 5.82. The number of nitrogens with zero attached hydrogens (tertiary/aromatic N) is 2.